The predicted molar refractivity (Wildman–Crippen MR) is 140 cm³/mol. The number of hydrogen-bond acceptors (Lipinski definition) is 0. The van der Waals surface area contributed by atoms with E-state index >= 15 is 0 Å². The molecular formula is C23H42I2V. The number of benzene rings is 2. The Hall–Kier alpha value is 0.484. The molecule has 2 rings (SSSR count). The van der Waals surface area contributed by atoms with Gasteiger partial charge in [0.1, 0.15) is 0 Å². The molecule has 0 saturated heterocycles. The molecule has 26 heavy (non-hydrogen) atoms. The molecule has 0 aliphatic carbocycles. The SMILES string of the molecule is C.CC.CC.CC.CCc1ccccc1.CCc1ccccc1.[I][V][I]. The molecule has 2 aromatic rings. The van der Waals surface area contributed by atoms with Gasteiger partial charge in [-0.25, -0.2) is 0 Å². The van der Waals surface area contributed by atoms with E-state index < -0.39 is 0 Å². The van der Waals surface area contributed by atoms with Gasteiger partial charge in [0.2, 0.25) is 0 Å². The Labute approximate surface area is 195 Å². The van der Waals surface area contributed by atoms with Crippen molar-refractivity contribution in [2.75, 3.05) is 0 Å². The van der Waals surface area contributed by atoms with Crippen LogP contribution in [-0.2, 0) is 22.3 Å². The van der Waals surface area contributed by atoms with Gasteiger partial charge >= 0.3 is 49.4 Å². The Kier molecular flexibility index (Phi) is 57.7. The molecule has 0 aromatic heterocycles. The van der Waals surface area contributed by atoms with E-state index in [9.17, 15) is 0 Å². The van der Waals surface area contributed by atoms with Crippen molar-refractivity contribution in [3.05, 3.63) is 71.8 Å². The molecule has 0 nitrogen and oxygen atoms in total. The van der Waals surface area contributed by atoms with Crippen molar-refractivity contribution in [2.45, 2.75) is 75.7 Å². The van der Waals surface area contributed by atoms with Crippen molar-refractivity contribution in [3.8, 4) is 0 Å². The summed E-state index contributed by atoms with van der Waals surface area (Å²) < 4.78 is 0. The molecule has 0 amide bonds. The van der Waals surface area contributed by atoms with Crippen molar-refractivity contribution in [1.29, 1.82) is 0 Å². The van der Waals surface area contributed by atoms with E-state index in [2.05, 4.69) is 102 Å². The van der Waals surface area contributed by atoms with Gasteiger partial charge in [-0.05, 0) is 24.0 Å². The van der Waals surface area contributed by atoms with Crippen LogP contribution in [0.1, 0.15) is 73.9 Å². The van der Waals surface area contributed by atoms with Gasteiger partial charge in [-0.1, -0.05) is 123 Å². The zero-order valence-electron chi connectivity index (χ0n) is 17.4. The molecule has 0 aliphatic heterocycles. The van der Waals surface area contributed by atoms with Crippen molar-refractivity contribution in [3.63, 3.8) is 0 Å². The summed E-state index contributed by atoms with van der Waals surface area (Å²) in [5.74, 6) is 0. The molecule has 3 heteroatoms. The van der Waals surface area contributed by atoms with Crippen LogP contribution in [0.5, 0.6) is 0 Å². The average Bonchev–Trinajstić information content (AvgIpc) is 2.74. The summed E-state index contributed by atoms with van der Waals surface area (Å²) in [7, 11) is 0.628. The van der Waals surface area contributed by atoms with Crippen LogP contribution < -0.4 is 0 Å². The summed E-state index contributed by atoms with van der Waals surface area (Å²) in [5.41, 5.74) is 2.82. The van der Waals surface area contributed by atoms with Crippen LogP contribution in [0.4, 0.5) is 0 Å². The monoisotopic (exact) mass is 623 g/mol. The van der Waals surface area contributed by atoms with E-state index in [1.165, 1.54) is 11.1 Å². The Bertz CT molecular complexity index is 352. The predicted octanol–water partition coefficient (Wildman–Crippen LogP) is 9.98. The molecule has 0 aliphatic rings. The van der Waals surface area contributed by atoms with E-state index in [0.717, 1.165) is 12.8 Å². The van der Waals surface area contributed by atoms with Gasteiger partial charge < -0.3 is 0 Å². The third-order valence-electron chi connectivity index (χ3n) is 2.50. The van der Waals surface area contributed by atoms with E-state index in [1.54, 1.807) is 0 Å². The molecular weight excluding hydrogens is 581 g/mol. The third kappa shape index (κ3) is 32.2. The summed E-state index contributed by atoms with van der Waals surface area (Å²) >= 11 is 4.74. The van der Waals surface area contributed by atoms with E-state index in [1.807, 2.05) is 53.7 Å². The number of aryl methyl sites for hydroxylation is 2. The number of halogens is 2. The molecule has 0 N–H and O–H groups in total. The first-order valence-corrected chi connectivity index (χ1v) is 18.3. The van der Waals surface area contributed by atoms with Crippen LogP contribution in [0, 0.1) is 0 Å². The van der Waals surface area contributed by atoms with Gasteiger partial charge in [-0.3, -0.25) is 0 Å². The topological polar surface area (TPSA) is 0 Å². The van der Waals surface area contributed by atoms with Crippen LogP contribution in [-0.4, -0.2) is 0 Å². The third-order valence-corrected chi connectivity index (χ3v) is 2.50. The van der Waals surface area contributed by atoms with Crippen molar-refractivity contribution >= 4 is 40.0 Å². The quantitative estimate of drug-likeness (QED) is 0.292. The minimum absolute atomic E-state index is 0. The molecule has 0 saturated carbocycles. The summed E-state index contributed by atoms with van der Waals surface area (Å²) in [6.45, 7) is 16.3. The molecule has 0 spiro atoms. The fourth-order valence-corrected chi connectivity index (χ4v) is 1.43. The first kappa shape index (κ1) is 37.3. The minimum atomic E-state index is 0. The summed E-state index contributed by atoms with van der Waals surface area (Å²) in [6, 6.07) is 20.9. The van der Waals surface area contributed by atoms with Crippen LogP contribution in [0.25, 0.3) is 0 Å². The van der Waals surface area contributed by atoms with Crippen molar-refractivity contribution in [1.82, 2.24) is 0 Å². The fourth-order valence-electron chi connectivity index (χ4n) is 1.43. The number of rotatable bonds is 2. The van der Waals surface area contributed by atoms with E-state index in [4.69, 9.17) is 0 Å². The second kappa shape index (κ2) is 40.2. The second-order valence-electron chi connectivity index (χ2n) is 3.74. The summed E-state index contributed by atoms with van der Waals surface area (Å²) in [5, 5.41) is 0. The van der Waals surface area contributed by atoms with Crippen LogP contribution in [0.2, 0.25) is 0 Å². The van der Waals surface area contributed by atoms with Gasteiger partial charge in [0.25, 0.3) is 0 Å². The molecule has 0 radical (unpaired) electrons. The molecule has 0 bridgehead atoms. The zero-order valence-corrected chi connectivity index (χ0v) is 23.1. The molecule has 0 atom stereocenters. The Morgan fingerprint density at radius 2 is 0.769 bits per heavy atom. The molecule has 0 heterocycles. The summed E-state index contributed by atoms with van der Waals surface area (Å²) in [4.78, 5) is 0. The van der Waals surface area contributed by atoms with Gasteiger partial charge in [0, 0.05) is 0 Å². The van der Waals surface area contributed by atoms with Crippen molar-refractivity contribution < 1.29 is 9.47 Å². The van der Waals surface area contributed by atoms with Gasteiger partial charge in [0.15, 0.2) is 0 Å². The van der Waals surface area contributed by atoms with Gasteiger partial charge in [-0.2, -0.15) is 0 Å². The zero-order chi connectivity index (χ0) is 20.3. The van der Waals surface area contributed by atoms with E-state index in [-0.39, 0.29) is 7.43 Å². The van der Waals surface area contributed by atoms with Crippen LogP contribution in [0.3, 0.4) is 0 Å². The maximum atomic E-state index is 2.37. The Balaban J connectivity index is -0.0000000771. The molecule has 0 fully saturated rings. The maximum absolute atomic E-state index is 2.37. The molecule has 2 aromatic carbocycles. The standard InChI is InChI=1S/2C8H10.3C2H6.CH4.2HI.V/c2*1-2-8-6-4-3-5-7-8;3*1-2;;;;/h2*3-7H,2H2,1H3;3*1-2H3;1H4;2*1H;/q;;;;;;;;+2/p-2. The summed E-state index contributed by atoms with van der Waals surface area (Å²) in [6.07, 6.45) is 2.28. The van der Waals surface area contributed by atoms with Crippen molar-refractivity contribution in [2.24, 2.45) is 0 Å². The second-order valence-corrected chi connectivity index (χ2v) is 15.5. The van der Waals surface area contributed by atoms with E-state index in [0.29, 0.717) is 9.47 Å². The normalized spacial score (nSPS) is 6.85. The van der Waals surface area contributed by atoms with Crippen LogP contribution >= 0.6 is 40.0 Å². The Morgan fingerprint density at radius 1 is 0.577 bits per heavy atom. The van der Waals surface area contributed by atoms with Gasteiger partial charge in [0.05, 0.1) is 0 Å². The van der Waals surface area contributed by atoms with Crippen LogP contribution in [0.15, 0.2) is 60.7 Å². The van der Waals surface area contributed by atoms with Gasteiger partial charge in [-0.15, -0.1) is 0 Å². The fraction of sp³-hybridized carbons (Fsp3) is 0.478. The average molecular weight is 623 g/mol. The first-order chi connectivity index (χ1) is 12.3. The molecule has 153 valence electrons. The molecule has 0 unspecified atom stereocenters. The number of hydrogen-bond donors (Lipinski definition) is 0. The Morgan fingerprint density at radius 3 is 0.885 bits per heavy atom. The first-order valence-electron chi connectivity index (χ1n) is 9.28.